The molecular weight excluding hydrogens is 390 g/mol. The molecule has 0 unspecified atom stereocenters. The fourth-order valence-electron chi connectivity index (χ4n) is 3.48. The fourth-order valence-corrected chi connectivity index (χ4v) is 3.48. The van der Waals surface area contributed by atoms with Crippen molar-refractivity contribution in [3.8, 4) is 5.75 Å². The third kappa shape index (κ3) is 4.02. The Morgan fingerprint density at radius 3 is 2.53 bits per heavy atom. The molecule has 0 saturated carbocycles. The Morgan fingerprint density at radius 2 is 1.83 bits per heavy atom. The Labute approximate surface area is 171 Å². The number of hydrogen-bond acceptors (Lipinski definition) is 8. The number of rotatable bonds is 6. The maximum atomic E-state index is 12.6. The van der Waals surface area contributed by atoms with Crippen molar-refractivity contribution >= 4 is 34.0 Å². The smallest absolute Gasteiger partial charge is 0.269 e. The lowest BCUT2D eigenvalue weighted by Gasteiger charge is -2.28. The van der Waals surface area contributed by atoms with Gasteiger partial charge in [0.1, 0.15) is 5.75 Å². The number of fused-ring (bicyclic) bond motifs is 1. The van der Waals surface area contributed by atoms with E-state index in [2.05, 4.69) is 20.5 Å². The molecule has 0 bridgehead atoms. The number of anilines is 2. The highest BCUT2D eigenvalue weighted by Gasteiger charge is 2.21. The molecule has 30 heavy (non-hydrogen) atoms. The van der Waals surface area contributed by atoms with E-state index in [1.165, 1.54) is 30.7 Å². The van der Waals surface area contributed by atoms with E-state index in [9.17, 15) is 14.9 Å². The van der Waals surface area contributed by atoms with Crippen LogP contribution in [-0.2, 0) is 4.79 Å². The van der Waals surface area contributed by atoms with E-state index in [1.54, 1.807) is 13.0 Å². The molecule has 10 nitrogen and oxygen atoms in total. The summed E-state index contributed by atoms with van der Waals surface area (Å²) in [6.07, 6.45) is 2.64. The SMILES string of the molecule is C[C@H](Oc1ccc([N+](=O)[O-])cc1)C(=O)Nc1ccc(N2CCCCC2)c2nonc12. The number of nitrogens with one attached hydrogen (secondary N) is 1. The van der Waals surface area contributed by atoms with Gasteiger partial charge in [0.25, 0.3) is 11.6 Å². The molecule has 2 heterocycles. The van der Waals surface area contributed by atoms with Crippen molar-refractivity contribution in [3.63, 3.8) is 0 Å². The second-order valence-corrected chi connectivity index (χ2v) is 7.14. The lowest BCUT2D eigenvalue weighted by Crippen LogP contribution is -2.31. The summed E-state index contributed by atoms with van der Waals surface area (Å²) in [7, 11) is 0. The van der Waals surface area contributed by atoms with Gasteiger partial charge in [-0.15, -0.1) is 0 Å². The zero-order valence-corrected chi connectivity index (χ0v) is 16.4. The van der Waals surface area contributed by atoms with E-state index in [0.717, 1.165) is 31.6 Å². The molecule has 156 valence electrons. The number of ether oxygens (including phenoxy) is 1. The third-order valence-corrected chi connectivity index (χ3v) is 5.08. The van der Waals surface area contributed by atoms with Crippen LogP contribution in [0.3, 0.4) is 0 Å². The first-order valence-electron chi connectivity index (χ1n) is 9.75. The van der Waals surface area contributed by atoms with Gasteiger partial charge >= 0.3 is 0 Å². The van der Waals surface area contributed by atoms with Gasteiger partial charge in [-0.1, -0.05) is 0 Å². The highest BCUT2D eigenvalue weighted by atomic mass is 16.6. The Morgan fingerprint density at radius 1 is 1.13 bits per heavy atom. The molecular formula is C20H21N5O5. The second-order valence-electron chi connectivity index (χ2n) is 7.14. The van der Waals surface area contributed by atoms with Crippen molar-refractivity contribution in [2.24, 2.45) is 0 Å². The number of carbonyl (C=O) groups excluding carboxylic acids is 1. The molecule has 1 saturated heterocycles. The maximum Gasteiger partial charge on any atom is 0.269 e. The van der Waals surface area contributed by atoms with Gasteiger partial charge in [0, 0.05) is 25.2 Å². The summed E-state index contributed by atoms with van der Waals surface area (Å²) in [5, 5.41) is 21.5. The van der Waals surface area contributed by atoms with Gasteiger partial charge in [0.05, 0.1) is 16.3 Å². The van der Waals surface area contributed by atoms with Crippen LogP contribution in [0.1, 0.15) is 26.2 Å². The van der Waals surface area contributed by atoms with E-state index in [4.69, 9.17) is 9.37 Å². The molecule has 1 N–H and O–H groups in total. The predicted octanol–water partition coefficient (Wildman–Crippen LogP) is 3.53. The van der Waals surface area contributed by atoms with Crippen molar-refractivity contribution in [3.05, 3.63) is 46.5 Å². The number of nitrogens with zero attached hydrogens (tertiary/aromatic N) is 4. The van der Waals surface area contributed by atoms with Gasteiger partial charge in [-0.25, -0.2) is 4.63 Å². The number of nitro benzene ring substituents is 1. The Bertz CT molecular complexity index is 1060. The number of piperidine rings is 1. The third-order valence-electron chi connectivity index (χ3n) is 5.08. The van der Waals surface area contributed by atoms with Crippen molar-refractivity contribution in [2.45, 2.75) is 32.3 Å². The summed E-state index contributed by atoms with van der Waals surface area (Å²) in [6.45, 7) is 3.50. The van der Waals surface area contributed by atoms with Crippen molar-refractivity contribution in [2.75, 3.05) is 23.3 Å². The number of aromatic nitrogens is 2. The van der Waals surface area contributed by atoms with Crippen LogP contribution in [0.5, 0.6) is 5.75 Å². The average molecular weight is 411 g/mol. The van der Waals surface area contributed by atoms with E-state index in [0.29, 0.717) is 22.5 Å². The van der Waals surface area contributed by atoms with Crippen LogP contribution in [0.2, 0.25) is 0 Å². The molecule has 4 rings (SSSR count). The molecule has 1 amide bonds. The van der Waals surface area contributed by atoms with Gasteiger partial charge in [-0.2, -0.15) is 0 Å². The van der Waals surface area contributed by atoms with E-state index < -0.39 is 11.0 Å². The topological polar surface area (TPSA) is 124 Å². The quantitative estimate of drug-likeness (QED) is 0.483. The molecule has 10 heteroatoms. The molecule has 2 aromatic carbocycles. The standard InChI is InChI=1S/C20H21N5O5/c1-13(29-15-7-5-14(6-8-15)25(27)28)20(26)21-16-9-10-17(19-18(16)22-30-23-19)24-11-3-2-4-12-24/h5-10,13H,2-4,11-12H2,1H3,(H,21,26)/t13-/m0/s1. The Balaban J connectivity index is 1.47. The van der Waals surface area contributed by atoms with Crippen LogP contribution >= 0.6 is 0 Å². The molecule has 1 aliphatic rings. The molecule has 1 aromatic heterocycles. The van der Waals surface area contributed by atoms with Crippen molar-refractivity contribution < 1.29 is 19.1 Å². The van der Waals surface area contributed by atoms with Crippen LogP contribution in [0.25, 0.3) is 11.0 Å². The van der Waals surface area contributed by atoms with Crippen molar-refractivity contribution in [1.82, 2.24) is 10.3 Å². The van der Waals surface area contributed by atoms with Crippen molar-refractivity contribution in [1.29, 1.82) is 0 Å². The van der Waals surface area contributed by atoms with Gasteiger partial charge in [-0.3, -0.25) is 14.9 Å². The molecule has 1 fully saturated rings. The highest BCUT2D eigenvalue weighted by molar-refractivity contribution is 6.04. The summed E-state index contributed by atoms with van der Waals surface area (Å²) in [5.74, 6) is -0.0275. The Kier molecular flexibility index (Phi) is 5.46. The monoisotopic (exact) mass is 411 g/mol. The zero-order chi connectivity index (χ0) is 21.1. The highest BCUT2D eigenvalue weighted by Crippen LogP contribution is 2.31. The van der Waals surface area contributed by atoms with Gasteiger partial charge in [0.2, 0.25) is 0 Å². The number of carbonyl (C=O) groups is 1. The minimum atomic E-state index is -0.830. The van der Waals surface area contributed by atoms with Gasteiger partial charge in [-0.05, 0) is 60.8 Å². The first-order valence-corrected chi connectivity index (χ1v) is 9.75. The molecule has 0 radical (unpaired) electrons. The number of amides is 1. The molecule has 1 aliphatic heterocycles. The largest absolute Gasteiger partial charge is 0.481 e. The minimum Gasteiger partial charge on any atom is -0.481 e. The first-order chi connectivity index (χ1) is 14.5. The molecule has 3 aromatic rings. The Hall–Kier alpha value is -3.69. The normalized spacial score (nSPS) is 15.0. The van der Waals surface area contributed by atoms with Crippen LogP contribution in [0.4, 0.5) is 17.1 Å². The van der Waals surface area contributed by atoms with Crippen LogP contribution in [-0.4, -0.2) is 40.3 Å². The zero-order valence-electron chi connectivity index (χ0n) is 16.4. The number of non-ortho nitro benzene ring substituents is 1. The van der Waals surface area contributed by atoms with Gasteiger partial charge in [0.15, 0.2) is 17.1 Å². The molecule has 0 aliphatic carbocycles. The molecule has 0 spiro atoms. The van der Waals surface area contributed by atoms with Crippen LogP contribution in [0, 0.1) is 10.1 Å². The fraction of sp³-hybridized carbons (Fsp3) is 0.350. The summed E-state index contributed by atoms with van der Waals surface area (Å²) in [4.78, 5) is 25.1. The number of benzene rings is 2. The van der Waals surface area contributed by atoms with Crippen LogP contribution < -0.4 is 15.0 Å². The van der Waals surface area contributed by atoms with E-state index >= 15 is 0 Å². The van der Waals surface area contributed by atoms with Gasteiger partial charge < -0.3 is 15.0 Å². The minimum absolute atomic E-state index is 0.0471. The summed E-state index contributed by atoms with van der Waals surface area (Å²) in [6, 6.07) is 9.25. The summed E-state index contributed by atoms with van der Waals surface area (Å²) >= 11 is 0. The lowest BCUT2D eigenvalue weighted by atomic mass is 10.1. The summed E-state index contributed by atoms with van der Waals surface area (Å²) < 4.78 is 10.5. The maximum absolute atomic E-state index is 12.6. The molecule has 1 atom stereocenters. The average Bonchev–Trinajstić information content (AvgIpc) is 3.25. The van der Waals surface area contributed by atoms with E-state index in [-0.39, 0.29) is 11.6 Å². The van der Waals surface area contributed by atoms with E-state index in [1.807, 2.05) is 6.07 Å². The summed E-state index contributed by atoms with van der Waals surface area (Å²) in [5.41, 5.74) is 2.47. The second kappa shape index (κ2) is 8.36. The van der Waals surface area contributed by atoms with Crippen LogP contribution in [0.15, 0.2) is 41.0 Å². The number of hydrogen-bond donors (Lipinski definition) is 1. The predicted molar refractivity (Wildman–Crippen MR) is 110 cm³/mol. The first kappa shape index (κ1) is 19.6. The lowest BCUT2D eigenvalue weighted by molar-refractivity contribution is -0.384. The number of nitro groups is 1.